The zero-order chi connectivity index (χ0) is 24.7. The van der Waals surface area contributed by atoms with Gasteiger partial charge in [-0.1, -0.05) is 26.0 Å². The molecule has 2 N–H and O–H groups in total. The molecule has 182 valence electrons. The summed E-state index contributed by atoms with van der Waals surface area (Å²) in [5, 5.41) is 9.61. The summed E-state index contributed by atoms with van der Waals surface area (Å²) in [7, 11) is 0. The minimum atomic E-state index is -0.845. The number of carboxylic acids is 1. The predicted molar refractivity (Wildman–Crippen MR) is 133 cm³/mol. The van der Waals surface area contributed by atoms with E-state index >= 15 is 0 Å². The molecule has 4 heterocycles. The first-order valence-corrected chi connectivity index (χ1v) is 12.0. The fourth-order valence-electron chi connectivity index (χ4n) is 4.82. The van der Waals surface area contributed by atoms with Crippen molar-refractivity contribution in [3.05, 3.63) is 70.9 Å². The van der Waals surface area contributed by atoms with Crippen molar-refractivity contribution in [1.29, 1.82) is 0 Å². The van der Waals surface area contributed by atoms with Crippen molar-refractivity contribution in [3.8, 4) is 11.5 Å². The third-order valence-corrected chi connectivity index (χ3v) is 6.98. The number of aliphatic carboxylic acids is 1. The summed E-state index contributed by atoms with van der Waals surface area (Å²) in [6.45, 7) is 8.26. The quantitative estimate of drug-likeness (QED) is 0.409. The second-order valence-corrected chi connectivity index (χ2v) is 10.3. The number of anilines is 1. The molecular weight excluding hydrogens is 445 g/mol. The number of aromatic nitrogens is 4. The highest BCUT2D eigenvalue weighted by Gasteiger charge is 2.29. The Hall–Kier alpha value is -3.68. The number of halogens is 1. The Kier molecular flexibility index (Phi) is 5.83. The highest BCUT2D eigenvalue weighted by Crippen LogP contribution is 2.36. The number of hydrogen-bond donors (Lipinski definition) is 2. The van der Waals surface area contributed by atoms with Gasteiger partial charge in [0, 0.05) is 43.2 Å². The van der Waals surface area contributed by atoms with E-state index in [2.05, 4.69) is 28.7 Å². The SMILES string of the molecule is Cc1cc2nc(-c3ncc(Cc4ccc(F)cc4)[nH]3)cn2c(N2CCC(C)(C)CC2)c1CC(=O)O. The molecule has 0 unspecified atom stereocenters. The number of aromatic amines is 1. The lowest BCUT2D eigenvalue weighted by atomic mass is 9.82. The Morgan fingerprint density at radius 2 is 1.91 bits per heavy atom. The lowest BCUT2D eigenvalue weighted by Crippen LogP contribution is -2.39. The Labute approximate surface area is 203 Å². The first-order chi connectivity index (χ1) is 16.7. The van der Waals surface area contributed by atoms with Crippen molar-refractivity contribution in [2.75, 3.05) is 18.0 Å². The molecule has 1 aromatic carbocycles. The fraction of sp³-hybridized carbons (Fsp3) is 0.370. The number of imidazole rings is 2. The number of carbonyl (C=O) groups is 1. The molecule has 0 saturated carbocycles. The highest BCUT2D eigenvalue weighted by atomic mass is 19.1. The molecule has 5 rings (SSSR count). The molecule has 0 spiro atoms. The molecule has 1 aliphatic rings. The van der Waals surface area contributed by atoms with Gasteiger partial charge in [-0.2, -0.15) is 0 Å². The van der Waals surface area contributed by atoms with Crippen LogP contribution in [0.4, 0.5) is 10.2 Å². The van der Waals surface area contributed by atoms with Crippen LogP contribution in [0.25, 0.3) is 17.2 Å². The number of benzene rings is 1. The molecule has 0 bridgehead atoms. The molecule has 1 saturated heterocycles. The van der Waals surface area contributed by atoms with E-state index < -0.39 is 5.97 Å². The zero-order valence-electron chi connectivity index (χ0n) is 20.3. The van der Waals surface area contributed by atoms with Gasteiger partial charge < -0.3 is 15.0 Å². The number of aryl methyl sites for hydroxylation is 1. The first-order valence-electron chi connectivity index (χ1n) is 12.0. The fourth-order valence-corrected chi connectivity index (χ4v) is 4.82. The first kappa shape index (κ1) is 23.1. The van der Waals surface area contributed by atoms with E-state index in [1.807, 2.05) is 23.6 Å². The second-order valence-electron chi connectivity index (χ2n) is 10.3. The maximum atomic E-state index is 13.2. The number of hydrogen-bond acceptors (Lipinski definition) is 4. The Bertz CT molecular complexity index is 1380. The molecule has 0 aliphatic carbocycles. The summed E-state index contributed by atoms with van der Waals surface area (Å²) in [4.78, 5) is 26.7. The van der Waals surface area contributed by atoms with Gasteiger partial charge in [-0.25, -0.2) is 14.4 Å². The van der Waals surface area contributed by atoms with Gasteiger partial charge in [0.15, 0.2) is 5.82 Å². The lowest BCUT2D eigenvalue weighted by molar-refractivity contribution is -0.136. The minimum Gasteiger partial charge on any atom is -0.481 e. The van der Waals surface area contributed by atoms with Crippen molar-refractivity contribution < 1.29 is 14.3 Å². The van der Waals surface area contributed by atoms with Gasteiger partial charge in [0.1, 0.15) is 23.0 Å². The maximum absolute atomic E-state index is 13.2. The molecule has 3 aromatic heterocycles. The molecule has 0 radical (unpaired) electrons. The smallest absolute Gasteiger partial charge is 0.307 e. The summed E-state index contributed by atoms with van der Waals surface area (Å²) in [6, 6.07) is 8.38. The van der Waals surface area contributed by atoms with Crippen molar-refractivity contribution in [3.63, 3.8) is 0 Å². The number of carboxylic acid groups (broad SMARTS) is 1. The van der Waals surface area contributed by atoms with E-state index in [1.54, 1.807) is 18.3 Å². The van der Waals surface area contributed by atoms with Crippen LogP contribution in [-0.4, -0.2) is 43.5 Å². The van der Waals surface area contributed by atoms with Gasteiger partial charge >= 0.3 is 5.97 Å². The van der Waals surface area contributed by atoms with Crippen LogP contribution < -0.4 is 4.90 Å². The Morgan fingerprint density at radius 1 is 1.20 bits per heavy atom. The van der Waals surface area contributed by atoms with Crippen molar-refractivity contribution in [1.82, 2.24) is 19.4 Å². The van der Waals surface area contributed by atoms with Gasteiger partial charge in [0.05, 0.1) is 6.42 Å². The number of rotatable bonds is 6. The third-order valence-electron chi connectivity index (χ3n) is 6.98. The molecule has 35 heavy (non-hydrogen) atoms. The molecule has 1 fully saturated rings. The standard InChI is InChI=1S/C27H30FN5O2/c1-17-12-23-31-22(25-29-15-20(30-25)13-18-4-6-19(28)7-5-18)16-33(23)26(21(17)14-24(34)35)32-10-8-27(2,3)9-11-32/h4-7,12,15-16H,8-11,13-14H2,1-3H3,(H,29,30)(H,34,35). The Morgan fingerprint density at radius 3 is 2.60 bits per heavy atom. The molecule has 1 aliphatic heterocycles. The van der Waals surface area contributed by atoms with Gasteiger partial charge in [0.25, 0.3) is 0 Å². The number of piperidine rings is 1. The van der Waals surface area contributed by atoms with E-state index in [1.165, 1.54) is 12.1 Å². The zero-order valence-corrected chi connectivity index (χ0v) is 20.3. The number of fused-ring (bicyclic) bond motifs is 1. The number of nitrogens with zero attached hydrogens (tertiary/aromatic N) is 4. The van der Waals surface area contributed by atoms with Crippen LogP contribution in [0.1, 0.15) is 49.1 Å². The van der Waals surface area contributed by atoms with Crippen LogP contribution >= 0.6 is 0 Å². The van der Waals surface area contributed by atoms with Crippen LogP contribution in [0.3, 0.4) is 0 Å². The summed E-state index contributed by atoms with van der Waals surface area (Å²) < 4.78 is 15.2. The monoisotopic (exact) mass is 475 g/mol. The molecule has 7 nitrogen and oxygen atoms in total. The maximum Gasteiger partial charge on any atom is 0.307 e. The van der Waals surface area contributed by atoms with Gasteiger partial charge in [-0.05, 0) is 54.5 Å². The summed E-state index contributed by atoms with van der Waals surface area (Å²) in [5.74, 6) is 0.459. The summed E-state index contributed by atoms with van der Waals surface area (Å²) in [6.07, 6.45) is 6.38. The number of pyridine rings is 1. The van der Waals surface area contributed by atoms with Crippen molar-refractivity contribution in [2.45, 2.75) is 46.5 Å². The minimum absolute atomic E-state index is 0.0346. The largest absolute Gasteiger partial charge is 0.481 e. The van der Waals surface area contributed by atoms with Gasteiger partial charge in [0.2, 0.25) is 0 Å². The van der Waals surface area contributed by atoms with Crippen LogP contribution in [0, 0.1) is 18.2 Å². The molecule has 0 atom stereocenters. The van der Waals surface area contributed by atoms with Crippen molar-refractivity contribution in [2.24, 2.45) is 5.41 Å². The third kappa shape index (κ3) is 4.78. The number of H-pyrrole nitrogens is 1. The van der Waals surface area contributed by atoms with Gasteiger partial charge in [-0.3, -0.25) is 9.20 Å². The van der Waals surface area contributed by atoms with Crippen LogP contribution in [0.2, 0.25) is 0 Å². The van der Waals surface area contributed by atoms with E-state index in [4.69, 9.17) is 4.98 Å². The van der Waals surface area contributed by atoms with Gasteiger partial charge in [-0.15, -0.1) is 0 Å². The molecule has 0 amide bonds. The van der Waals surface area contributed by atoms with E-state index in [0.717, 1.165) is 59.8 Å². The molecular formula is C27H30FN5O2. The topological polar surface area (TPSA) is 86.5 Å². The number of nitrogens with one attached hydrogen (secondary N) is 1. The molecule has 8 heteroatoms. The normalized spacial score (nSPS) is 15.6. The molecule has 4 aromatic rings. The van der Waals surface area contributed by atoms with E-state index in [0.29, 0.717) is 17.9 Å². The second kappa shape index (κ2) is 8.83. The van der Waals surface area contributed by atoms with Crippen LogP contribution in [-0.2, 0) is 17.6 Å². The summed E-state index contributed by atoms with van der Waals surface area (Å²) >= 11 is 0. The van der Waals surface area contributed by atoms with Crippen LogP contribution in [0.15, 0.2) is 42.7 Å². The highest BCUT2D eigenvalue weighted by molar-refractivity contribution is 5.76. The lowest BCUT2D eigenvalue weighted by Gasteiger charge is -2.39. The summed E-state index contributed by atoms with van der Waals surface area (Å²) in [5.41, 5.74) is 5.38. The Balaban J connectivity index is 1.52. The van der Waals surface area contributed by atoms with Crippen molar-refractivity contribution >= 4 is 17.4 Å². The average molecular weight is 476 g/mol. The average Bonchev–Trinajstić information content (AvgIpc) is 3.43. The van der Waals surface area contributed by atoms with E-state index in [9.17, 15) is 14.3 Å². The van der Waals surface area contributed by atoms with Crippen LogP contribution in [0.5, 0.6) is 0 Å². The predicted octanol–water partition coefficient (Wildman–Crippen LogP) is 5.02. The van der Waals surface area contributed by atoms with E-state index in [-0.39, 0.29) is 17.7 Å².